The lowest BCUT2D eigenvalue weighted by atomic mass is 10.2. The van der Waals surface area contributed by atoms with Crippen LogP contribution in [0.2, 0.25) is 0 Å². The quantitative estimate of drug-likeness (QED) is 0.315. The maximum Gasteiger partial charge on any atom is 0.255 e. The van der Waals surface area contributed by atoms with E-state index in [1.807, 2.05) is 38.1 Å². The lowest BCUT2D eigenvalue weighted by molar-refractivity contribution is 0.102. The number of hydrogen-bond acceptors (Lipinski definition) is 7. The van der Waals surface area contributed by atoms with Gasteiger partial charge in [0.05, 0.1) is 30.0 Å². The first-order chi connectivity index (χ1) is 16.1. The van der Waals surface area contributed by atoms with E-state index >= 15 is 0 Å². The molecule has 0 aliphatic rings. The zero-order valence-corrected chi connectivity index (χ0v) is 19.7. The second kappa shape index (κ2) is 10.3. The lowest BCUT2D eigenvalue weighted by Gasteiger charge is -2.18. The van der Waals surface area contributed by atoms with E-state index < -0.39 is 0 Å². The lowest BCUT2D eigenvalue weighted by Crippen LogP contribution is -2.13. The number of thiophene rings is 1. The molecule has 0 aliphatic carbocycles. The van der Waals surface area contributed by atoms with Gasteiger partial charge in [-0.15, -0.1) is 11.3 Å². The molecule has 0 aliphatic heterocycles. The molecule has 170 valence electrons. The SMILES string of the molecule is CCOc1cc(Nc2ncnc3sc(CC)cc23)c(OCC)cc1NC(=O)c1ccccc1. The van der Waals surface area contributed by atoms with E-state index in [-0.39, 0.29) is 5.91 Å². The molecule has 0 fully saturated rings. The summed E-state index contributed by atoms with van der Waals surface area (Å²) in [6.07, 6.45) is 2.49. The number of nitrogens with zero attached hydrogens (tertiary/aromatic N) is 2. The van der Waals surface area contributed by atoms with Crippen LogP contribution >= 0.6 is 11.3 Å². The first-order valence-corrected chi connectivity index (χ1v) is 11.7. The molecule has 4 rings (SSSR count). The fourth-order valence-corrected chi connectivity index (χ4v) is 4.33. The van der Waals surface area contributed by atoms with Gasteiger partial charge in [0.1, 0.15) is 28.5 Å². The minimum Gasteiger partial charge on any atom is -0.492 e. The summed E-state index contributed by atoms with van der Waals surface area (Å²) in [5.41, 5.74) is 1.80. The Morgan fingerprint density at radius 3 is 2.33 bits per heavy atom. The number of rotatable bonds is 9. The molecule has 1 amide bonds. The first-order valence-electron chi connectivity index (χ1n) is 10.9. The minimum atomic E-state index is -0.220. The number of nitrogens with one attached hydrogen (secondary N) is 2. The van der Waals surface area contributed by atoms with Crippen molar-refractivity contribution >= 4 is 44.7 Å². The molecule has 0 atom stereocenters. The monoisotopic (exact) mass is 462 g/mol. The molecule has 2 N–H and O–H groups in total. The van der Waals surface area contributed by atoms with Crippen LogP contribution in [0.5, 0.6) is 11.5 Å². The predicted octanol–water partition coefficient (Wildman–Crippen LogP) is 6.05. The molecule has 0 saturated heterocycles. The van der Waals surface area contributed by atoms with Crippen LogP contribution in [-0.2, 0) is 6.42 Å². The third-order valence-electron chi connectivity index (χ3n) is 4.95. The fourth-order valence-electron chi connectivity index (χ4n) is 3.40. The Kier molecular flexibility index (Phi) is 7.04. The number of carbonyl (C=O) groups is 1. The number of amides is 1. The van der Waals surface area contributed by atoms with Crippen molar-refractivity contribution in [3.63, 3.8) is 0 Å². The fraction of sp³-hybridized carbons (Fsp3) is 0.240. The van der Waals surface area contributed by atoms with E-state index in [1.165, 1.54) is 4.88 Å². The summed E-state index contributed by atoms with van der Waals surface area (Å²) < 4.78 is 11.8. The van der Waals surface area contributed by atoms with Crippen LogP contribution in [0.15, 0.2) is 54.9 Å². The molecule has 0 unspecified atom stereocenters. The number of benzene rings is 2. The Hall–Kier alpha value is -3.65. The second-order valence-electron chi connectivity index (χ2n) is 7.16. The highest BCUT2D eigenvalue weighted by molar-refractivity contribution is 7.18. The van der Waals surface area contributed by atoms with E-state index in [0.717, 1.165) is 16.6 Å². The van der Waals surface area contributed by atoms with Gasteiger partial charge in [-0.05, 0) is 38.5 Å². The van der Waals surface area contributed by atoms with Crippen molar-refractivity contribution in [2.24, 2.45) is 0 Å². The molecule has 7 nitrogen and oxygen atoms in total. The first kappa shape index (κ1) is 22.5. The van der Waals surface area contributed by atoms with E-state index in [1.54, 1.807) is 35.9 Å². The van der Waals surface area contributed by atoms with Crippen LogP contribution in [0.4, 0.5) is 17.2 Å². The van der Waals surface area contributed by atoms with Crippen LogP contribution < -0.4 is 20.1 Å². The Balaban J connectivity index is 1.72. The normalized spacial score (nSPS) is 10.8. The van der Waals surface area contributed by atoms with E-state index in [9.17, 15) is 4.79 Å². The third kappa shape index (κ3) is 5.06. The average molecular weight is 463 g/mol. The van der Waals surface area contributed by atoms with Crippen LogP contribution in [0.1, 0.15) is 36.0 Å². The van der Waals surface area contributed by atoms with Gasteiger partial charge in [-0.2, -0.15) is 0 Å². The molecule has 2 aromatic carbocycles. The summed E-state index contributed by atoms with van der Waals surface area (Å²) in [6, 6.07) is 14.8. The minimum absolute atomic E-state index is 0.220. The van der Waals surface area contributed by atoms with Crippen molar-refractivity contribution in [2.75, 3.05) is 23.8 Å². The molecule has 33 heavy (non-hydrogen) atoms. The molecule has 8 heteroatoms. The highest BCUT2D eigenvalue weighted by Gasteiger charge is 2.17. The highest BCUT2D eigenvalue weighted by atomic mass is 32.1. The summed E-state index contributed by atoms with van der Waals surface area (Å²) in [6.45, 7) is 6.85. The second-order valence-corrected chi connectivity index (χ2v) is 8.28. The van der Waals surface area contributed by atoms with E-state index in [4.69, 9.17) is 9.47 Å². The van der Waals surface area contributed by atoms with Crippen molar-refractivity contribution in [3.05, 3.63) is 65.3 Å². The smallest absolute Gasteiger partial charge is 0.255 e. The van der Waals surface area contributed by atoms with Gasteiger partial charge in [0.2, 0.25) is 0 Å². The average Bonchev–Trinajstić information content (AvgIpc) is 3.27. The summed E-state index contributed by atoms with van der Waals surface area (Å²) >= 11 is 1.66. The van der Waals surface area contributed by atoms with Crippen LogP contribution in [0.25, 0.3) is 10.2 Å². The van der Waals surface area contributed by atoms with Gasteiger partial charge < -0.3 is 20.1 Å². The van der Waals surface area contributed by atoms with Crippen molar-refractivity contribution in [2.45, 2.75) is 27.2 Å². The van der Waals surface area contributed by atoms with Crippen molar-refractivity contribution in [1.82, 2.24) is 9.97 Å². The van der Waals surface area contributed by atoms with Crippen LogP contribution in [-0.4, -0.2) is 29.1 Å². The van der Waals surface area contributed by atoms with Crippen molar-refractivity contribution in [3.8, 4) is 11.5 Å². The standard InChI is InChI=1S/C25H26N4O3S/c1-4-17-12-18-23(26-15-27-25(18)33-17)28-19-13-22(32-6-3)20(14-21(19)31-5-2)29-24(30)16-10-8-7-9-11-16/h7-15H,4-6H2,1-3H3,(H,29,30)(H,26,27,28). The number of carbonyl (C=O) groups excluding carboxylic acids is 1. The molecule has 0 radical (unpaired) electrons. The number of ether oxygens (including phenoxy) is 2. The summed E-state index contributed by atoms with van der Waals surface area (Å²) in [4.78, 5) is 23.8. The number of aryl methyl sites for hydroxylation is 1. The molecule has 4 aromatic rings. The Morgan fingerprint density at radius 1 is 0.939 bits per heavy atom. The molecule has 2 aromatic heterocycles. The van der Waals surface area contributed by atoms with E-state index in [0.29, 0.717) is 47.5 Å². The maximum atomic E-state index is 12.8. The van der Waals surface area contributed by atoms with Crippen molar-refractivity contribution in [1.29, 1.82) is 0 Å². The van der Waals surface area contributed by atoms with Gasteiger partial charge in [0.15, 0.2) is 0 Å². The summed E-state index contributed by atoms with van der Waals surface area (Å²) in [5.74, 6) is 1.60. The molecule has 0 saturated carbocycles. The number of hydrogen-bond donors (Lipinski definition) is 2. The van der Waals surface area contributed by atoms with Crippen LogP contribution in [0, 0.1) is 0 Å². The summed E-state index contributed by atoms with van der Waals surface area (Å²) in [7, 11) is 0. The molecular formula is C25H26N4O3S. The van der Waals surface area contributed by atoms with Gasteiger partial charge in [-0.3, -0.25) is 4.79 Å². The van der Waals surface area contributed by atoms with Gasteiger partial charge >= 0.3 is 0 Å². The topological polar surface area (TPSA) is 85.4 Å². The molecule has 0 bridgehead atoms. The van der Waals surface area contributed by atoms with Gasteiger partial charge in [-0.25, -0.2) is 9.97 Å². The van der Waals surface area contributed by atoms with Gasteiger partial charge in [0, 0.05) is 22.6 Å². The summed E-state index contributed by atoms with van der Waals surface area (Å²) in [5, 5.41) is 7.29. The number of fused-ring (bicyclic) bond motifs is 1. The molecular weight excluding hydrogens is 436 g/mol. The highest BCUT2D eigenvalue weighted by Crippen LogP contribution is 2.39. The zero-order valence-electron chi connectivity index (χ0n) is 18.8. The predicted molar refractivity (Wildman–Crippen MR) is 133 cm³/mol. The largest absolute Gasteiger partial charge is 0.492 e. The van der Waals surface area contributed by atoms with Crippen LogP contribution in [0.3, 0.4) is 0 Å². The van der Waals surface area contributed by atoms with Crippen molar-refractivity contribution < 1.29 is 14.3 Å². The third-order valence-corrected chi connectivity index (χ3v) is 6.14. The Bertz CT molecular complexity index is 1260. The molecule has 2 heterocycles. The van der Waals surface area contributed by atoms with Gasteiger partial charge in [0.25, 0.3) is 5.91 Å². The molecule has 0 spiro atoms. The number of aromatic nitrogens is 2. The maximum absolute atomic E-state index is 12.8. The van der Waals surface area contributed by atoms with Gasteiger partial charge in [-0.1, -0.05) is 25.1 Å². The Morgan fingerprint density at radius 2 is 1.64 bits per heavy atom. The zero-order chi connectivity index (χ0) is 23.2. The van der Waals surface area contributed by atoms with E-state index in [2.05, 4.69) is 33.6 Å². The Labute approximate surface area is 196 Å². The number of anilines is 3.